The molecule has 0 bridgehead atoms. The molecule has 0 saturated carbocycles. The van der Waals surface area contributed by atoms with Crippen molar-refractivity contribution >= 4 is 15.9 Å². The Labute approximate surface area is 147 Å². The van der Waals surface area contributed by atoms with Crippen molar-refractivity contribution in [3.05, 3.63) is 34.3 Å². The quantitative estimate of drug-likeness (QED) is 0.329. The Morgan fingerprint density at radius 1 is 0.773 bits per heavy atom. The highest BCUT2D eigenvalue weighted by Gasteiger charge is 2.23. The average molecular weight is 367 g/mol. The first-order valence-corrected chi connectivity index (χ1v) is 10.1. The second-order valence-corrected chi connectivity index (χ2v) is 8.15. The third-order valence-corrected chi connectivity index (χ3v) is 5.34. The van der Waals surface area contributed by atoms with Crippen LogP contribution in [0, 0.1) is 5.41 Å². The van der Waals surface area contributed by atoms with Gasteiger partial charge in [0.15, 0.2) is 0 Å². The third-order valence-electron chi connectivity index (χ3n) is 4.81. The van der Waals surface area contributed by atoms with E-state index in [0.717, 1.165) is 0 Å². The van der Waals surface area contributed by atoms with Crippen LogP contribution in [-0.2, 0) is 6.42 Å². The number of unbranched alkanes of at least 4 members (excludes halogenated alkanes) is 6. The number of benzene rings is 1. The van der Waals surface area contributed by atoms with Gasteiger partial charge >= 0.3 is 0 Å². The van der Waals surface area contributed by atoms with Crippen LogP contribution in [0.5, 0.6) is 0 Å². The maximum absolute atomic E-state index is 3.54. The molecular formula is C21H35Br. The molecule has 0 aromatic heterocycles. The van der Waals surface area contributed by atoms with Crippen molar-refractivity contribution in [2.45, 2.75) is 91.4 Å². The minimum atomic E-state index is 0.481. The molecule has 0 aliphatic rings. The minimum Gasteiger partial charge on any atom is -0.0654 e. The van der Waals surface area contributed by atoms with Crippen molar-refractivity contribution in [3.8, 4) is 0 Å². The van der Waals surface area contributed by atoms with Crippen LogP contribution in [0.25, 0.3) is 0 Å². The molecule has 0 amide bonds. The summed E-state index contributed by atoms with van der Waals surface area (Å²) < 4.78 is 1.18. The van der Waals surface area contributed by atoms with Gasteiger partial charge < -0.3 is 0 Å². The first kappa shape index (κ1) is 19.7. The van der Waals surface area contributed by atoms with E-state index in [2.05, 4.69) is 61.0 Å². The normalized spacial score (nSPS) is 11.8. The van der Waals surface area contributed by atoms with Crippen molar-refractivity contribution in [2.75, 3.05) is 0 Å². The van der Waals surface area contributed by atoms with Crippen molar-refractivity contribution in [2.24, 2.45) is 5.41 Å². The van der Waals surface area contributed by atoms with E-state index in [-0.39, 0.29) is 0 Å². The summed E-state index contributed by atoms with van der Waals surface area (Å²) in [5, 5.41) is 0. The molecule has 1 aromatic rings. The number of hydrogen-bond donors (Lipinski definition) is 0. The first-order valence-electron chi connectivity index (χ1n) is 9.34. The molecule has 0 fully saturated rings. The van der Waals surface area contributed by atoms with Crippen molar-refractivity contribution in [1.82, 2.24) is 0 Å². The SMILES string of the molecule is CCCCCCC(C)(CCCCCC)Cc1ccc(Br)cc1. The van der Waals surface area contributed by atoms with Gasteiger partial charge in [0.25, 0.3) is 0 Å². The van der Waals surface area contributed by atoms with Gasteiger partial charge in [-0.1, -0.05) is 100 Å². The Bertz CT molecular complexity index is 367. The molecule has 126 valence electrons. The van der Waals surface area contributed by atoms with Crippen LogP contribution in [0.3, 0.4) is 0 Å². The zero-order valence-corrected chi connectivity index (χ0v) is 16.6. The van der Waals surface area contributed by atoms with E-state index in [1.165, 1.54) is 80.7 Å². The van der Waals surface area contributed by atoms with E-state index < -0.39 is 0 Å². The molecule has 1 heteroatoms. The van der Waals surface area contributed by atoms with Crippen molar-refractivity contribution < 1.29 is 0 Å². The molecule has 0 saturated heterocycles. The lowest BCUT2D eigenvalue weighted by Gasteiger charge is -2.30. The molecule has 0 aliphatic carbocycles. The Balaban J connectivity index is 2.56. The van der Waals surface area contributed by atoms with Crippen LogP contribution in [0.15, 0.2) is 28.7 Å². The summed E-state index contributed by atoms with van der Waals surface area (Å²) in [6.45, 7) is 7.12. The summed E-state index contributed by atoms with van der Waals surface area (Å²) in [4.78, 5) is 0. The molecular weight excluding hydrogens is 332 g/mol. The molecule has 0 aliphatic heterocycles. The highest BCUT2D eigenvalue weighted by Crippen LogP contribution is 2.35. The highest BCUT2D eigenvalue weighted by molar-refractivity contribution is 9.10. The average Bonchev–Trinajstić information content (AvgIpc) is 2.51. The highest BCUT2D eigenvalue weighted by atomic mass is 79.9. The number of hydrogen-bond acceptors (Lipinski definition) is 0. The van der Waals surface area contributed by atoms with Crippen molar-refractivity contribution in [3.63, 3.8) is 0 Å². The van der Waals surface area contributed by atoms with Crippen LogP contribution in [0.4, 0.5) is 0 Å². The molecule has 1 rings (SSSR count). The Hall–Kier alpha value is -0.300. The second kappa shape index (κ2) is 11.3. The lowest BCUT2D eigenvalue weighted by molar-refractivity contribution is 0.249. The maximum Gasteiger partial charge on any atom is 0.0175 e. The van der Waals surface area contributed by atoms with E-state index in [1.54, 1.807) is 0 Å². The summed E-state index contributed by atoms with van der Waals surface area (Å²) >= 11 is 3.54. The molecule has 0 radical (unpaired) electrons. The second-order valence-electron chi connectivity index (χ2n) is 7.24. The monoisotopic (exact) mass is 366 g/mol. The minimum absolute atomic E-state index is 0.481. The molecule has 0 spiro atoms. The van der Waals surface area contributed by atoms with Gasteiger partial charge in [-0.05, 0) is 42.4 Å². The molecule has 0 unspecified atom stereocenters. The fourth-order valence-electron chi connectivity index (χ4n) is 3.35. The van der Waals surface area contributed by atoms with Crippen molar-refractivity contribution in [1.29, 1.82) is 0 Å². The topological polar surface area (TPSA) is 0 Å². The lowest BCUT2D eigenvalue weighted by atomic mass is 9.75. The number of halogens is 1. The van der Waals surface area contributed by atoms with Gasteiger partial charge in [-0.3, -0.25) is 0 Å². The Morgan fingerprint density at radius 2 is 1.27 bits per heavy atom. The molecule has 0 N–H and O–H groups in total. The van der Waals surface area contributed by atoms with Crippen LogP contribution < -0.4 is 0 Å². The standard InChI is InChI=1S/C21H35Br/c1-4-6-8-10-16-21(3,17-11-9-7-5-2)18-19-12-14-20(22)15-13-19/h12-15H,4-11,16-18H2,1-3H3. The fourth-order valence-corrected chi connectivity index (χ4v) is 3.62. The van der Waals surface area contributed by atoms with E-state index in [9.17, 15) is 0 Å². The molecule has 0 heterocycles. The Kier molecular flexibility index (Phi) is 10.1. The lowest BCUT2D eigenvalue weighted by Crippen LogP contribution is -2.20. The number of rotatable bonds is 12. The molecule has 0 atom stereocenters. The van der Waals surface area contributed by atoms with Gasteiger partial charge in [-0.15, -0.1) is 0 Å². The maximum atomic E-state index is 3.54. The zero-order chi connectivity index (χ0) is 16.3. The van der Waals surface area contributed by atoms with Crippen LogP contribution in [0.1, 0.15) is 90.5 Å². The van der Waals surface area contributed by atoms with Crippen LogP contribution in [-0.4, -0.2) is 0 Å². The van der Waals surface area contributed by atoms with E-state index in [4.69, 9.17) is 0 Å². The predicted octanol–water partition coefficient (Wildman–Crippen LogP) is 7.94. The summed E-state index contributed by atoms with van der Waals surface area (Å²) in [5.41, 5.74) is 1.98. The molecule has 0 nitrogen and oxygen atoms in total. The zero-order valence-electron chi connectivity index (χ0n) is 15.0. The summed E-state index contributed by atoms with van der Waals surface area (Å²) in [7, 11) is 0. The van der Waals surface area contributed by atoms with E-state index in [1.807, 2.05) is 0 Å². The van der Waals surface area contributed by atoms with Gasteiger partial charge in [0.05, 0.1) is 0 Å². The predicted molar refractivity (Wildman–Crippen MR) is 103 cm³/mol. The summed E-state index contributed by atoms with van der Waals surface area (Å²) in [6.07, 6.45) is 15.1. The van der Waals surface area contributed by atoms with Gasteiger partial charge in [-0.2, -0.15) is 0 Å². The van der Waals surface area contributed by atoms with Gasteiger partial charge in [0, 0.05) is 4.47 Å². The molecule has 1 aromatic carbocycles. The van der Waals surface area contributed by atoms with Crippen LogP contribution in [0.2, 0.25) is 0 Å². The third kappa shape index (κ3) is 8.36. The smallest absolute Gasteiger partial charge is 0.0175 e. The summed E-state index contributed by atoms with van der Waals surface area (Å²) in [6, 6.07) is 8.95. The first-order chi connectivity index (χ1) is 10.6. The van der Waals surface area contributed by atoms with E-state index in [0.29, 0.717) is 5.41 Å². The Morgan fingerprint density at radius 3 is 1.73 bits per heavy atom. The van der Waals surface area contributed by atoms with Gasteiger partial charge in [0.2, 0.25) is 0 Å². The molecule has 22 heavy (non-hydrogen) atoms. The van der Waals surface area contributed by atoms with E-state index >= 15 is 0 Å². The van der Waals surface area contributed by atoms with Gasteiger partial charge in [-0.25, -0.2) is 0 Å². The fraction of sp³-hybridized carbons (Fsp3) is 0.714. The van der Waals surface area contributed by atoms with Gasteiger partial charge in [0.1, 0.15) is 0 Å². The van der Waals surface area contributed by atoms with Crippen LogP contribution >= 0.6 is 15.9 Å². The largest absolute Gasteiger partial charge is 0.0654 e. The summed E-state index contributed by atoms with van der Waals surface area (Å²) in [5.74, 6) is 0.